The number of ether oxygens (including phenoxy) is 2. The maximum Gasteiger partial charge on any atom is 0.298 e. The predicted octanol–water partition coefficient (Wildman–Crippen LogP) is 4.21. The highest BCUT2D eigenvalue weighted by molar-refractivity contribution is 5.37. The summed E-state index contributed by atoms with van der Waals surface area (Å²) in [5.74, 6) is 1.67. The number of nitrogens with zero attached hydrogens (tertiary/aromatic N) is 2. The average molecular weight is 338 g/mol. The second kappa shape index (κ2) is 7.75. The number of hydrogen-bond donors (Lipinski definition) is 0. The molecule has 0 radical (unpaired) electrons. The van der Waals surface area contributed by atoms with Crippen LogP contribution in [0.1, 0.15) is 16.8 Å². The minimum Gasteiger partial charge on any atom is -0.497 e. The molecule has 0 aliphatic rings. The molecule has 5 nitrogen and oxygen atoms in total. The van der Waals surface area contributed by atoms with Crippen molar-refractivity contribution in [3.8, 4) is 11.5 Å². The highest BCUT2D eigenvalue weighted by Crippen LogP contribution is 2.23. The fourth-order valence-electron chi connectivity index (χ4n) is 2.66. The van der Waals surface area contributed by atoms with Crippen molar-refractivity contribution in [3.63, 3.8) is 0 Å². The van der Waals surface area contributed by atoms with Crippen molar-refractivity contribution in [2.75, 3.05) is 19.1 Å². The first-order valence-corrected chi connectivity index (χ1v) is 8.11. The van der Waals surface area contributed by atoms with Crippen LogP contribution in [0.2, 0.25) is 0 Å². The van der Waals surface area contributed by atoms with Crippen LogP contribution in [0.4, 0.5) is 6.01 Å². The second-order valence-electron chi connectivity index (χ2n) is 5.83. The van der Waals surface area contributed by atoms with E-state index in [1.807, 2.05) is 43.3 Å². The third-order valence-electron chi connectivity index (χ3n) is 3.89. The number of aryl methyl sites for hydroxylation is 1. The van der Waals surface area contributed by atoms with Crippen LogP contribution in [0.15, 0.2) is 59.2 Å². The van der Waals surface area contributed by atoms with Gasteiger partial charge in [-0.1, -0.05) is 24.3 Å². The first-order valence-electron chi connectivity index (χ1n) is 8.11. The van der Waals surface area contributed by atoms with E-state index in [0.29, 0.717) is 19.1 Å². The van der Waals surface area contributed by atoms with Crippen molar-refractivity contribution >= 4 is 6.01 Å². The van der Waals surface area contributed by atoms with E-state index in [4.69, 9.17) is 13.9 Å². The zero-order chi connectivity index (χ0) is 17.6. The lowest BCUT2D eigenvalue weighted by atomic mass is 10.1. The summed E-state index contributed by atoms with van der Waals surface area (Å²) < 4.78 is 16.3. The van der Waals surface area contributed by atoms with Gasteiger partial charge in [0.15, 0.2) is 0 Å². The van der Waals surface area contributed by atoms with Gasteiger partial charge in [0.1, 0.15) is 17.8 Å². The molecule has 0 amide bonds. The molecule has 2 aromatic carbocycles. The minimum absolute atomic E-state index is 0.600. The summed E-state index contributed by atoms with van der Waals surface area (Å²) in [6.07, 6.45) is 1.67. The highest BCUT2D eigenvalue weighted by Gasteiger charge is 2.14. The molecule has 0 saturated carbocycles. The Bertz CT molecular complexity index is 780. The number of aromatic nitrogens is 1. The van der Waals surface area contributed by atoms with Gasteiger partial charge in [-0.2, -0.15) is 4.98 Å². The first-order chi connectivity index (χ1) is 12.2. The Kier molecular flexibility index (Phi) is 5.23. The van der Waals surface area contributed by atoms with Gasteiger partial charge in [0.25, 0.3) is 6.01 Å². The topological polar surface area (TPSA) is 47.7 Å². The van der Waals surface area contributed by atoms with Crippen molar-refractivity contribution < 1.29 is 13.9 Å². The van der Waals surface area contributed by atoms with E-state index in [1.54, 1.807) is 20.5 Å². The van der Waals surface area contributed by atoms with Gasteiger partial charge >= 0.3 is 0 Å². The Labute approximate surface area is 147 Å². The van der Waals surface area contributed by atoms with E-state index in [-0.39, 0.29) is 0 Å². The summed E-state index contributed by atoms with van der Waals surface area (Å²) in [7, 11) is 3.34. The normalized spacial score (nSPS) is 10.5. The summed E-state index contributed by atoms with van der Waals surface area (Å²) in [4.78, 5) is 6.58. The molecule has 1 aromatic heterocycles. The molecule has 25 heavy (non-hydrogen) atoms. The van der Waals surface area contributed by atoms with Crippen molar-refractivity contribution in [2.24, 2.45) is 0 Å². The fraction of sp³-hybridized carbons (Fsp3) is 0.250. The molecule has 3 aromatic rings. The Morgan fingerprint density at radius 3 is 1.92 bits per heavy atom. The number of anilines is 1. The monoisotopic (exact) mass is 338 g/mol. The van der Waals surface area contributed by atoms with Gasteiger partial charge in [-0.15, -0.1) is 0 Å². The van der Waals surface area contributed by atoms with Crippen LogP contribution < -0.4 is 14.4 Å². The zero-order valence-electron chi connectivity index (χ0n) is 14.7. The van der Waals surface area contributed by atoms with Gasteiger partial charge in [-0.3, -0.25) is 0 Å². The molecular formula is C20H22N2O3. The molecule has 0 saturated heterocycles. The SMILES string of the molecule is COc1cccc(CN(Cc2cccc(OC)c2)c2nc(C)co2)c1. The fourth-order valence-corrected chi connectivity index (χ4v) is 2.66. The number of oxazole rings is 1. The smallest absolute Gasteiger partial charge is 0.298 e. The van der Waals surface area contributed by atoms with Crippen LogP contribution in [-0.4, -0.2) is 19.2 Å². The molecule has 0 N–H and O–H groups in total. The molecule has 1 heterocycles. The van der Waals surface area contributed by atoms with Gasteiger partial charge in [-0.25, -0.2) is 0 Å². The van der Waals surface area contributed by atoms with Gasteiger partial charge in [0.2, 0.25) is 0 Å². The molecule has 3 rings (SSSR count). The largest absolute Gasteiger partial charge is 0.497 e. The van der Waals surface area contributed by atoms with E-state index in [2.05, 4.69) is 22.0 Å². The third-order valence-corrected chi connectivity index (χ3v) is 3.89. The number of rotatable bonds is 7. The Morgan fingerprint density at radius 1 is 0.920 bits per heavy atom. The van der Waals surface area contributed by atoms with Crippen molar-refractivity contribution in [1.82, 2.24) is 4.98 Å². The lowest BCUT2D eigenvalue weighted by Gasteiger charge is -2.21. The number of hydrogen-bond acceptors (Lipinski definition) is 5. The predicted molar refractivity (Wildman–Crippen MR) is 97.1 cm³/mol. The lowest BCUT2D eigenvalue weighted by Crippen LogP contribution is -2.22. The molecule has 0 bridgehead atoms. The van der Waals surface area contributed by atoms with E-state index in [9.17, 15) is 0 Å². The van der Waals surface area contributed by atoms with Crippen LogP contribution >= 0.6 is 0 Å². The molecule has 0 spiro atoms. The molecule has 0 unspecified atom stereocenters. The van der Waals surface area contributed by atoms with Crippen molar-refractivity contribution in [3.05, 3.63) is 71.6 Å². The van der Waals surface area contributed by atoms with Crippen molar-refractivity contribution in [1.29, 1.82) is 0 Å². The minimum atomic E-state index is 0.600. The third kappa shape index (κ3) is 4.32. The van der Waals surface area contributed by atoms with Gasteiger partial charge < -0.3 is 18.8 Å². The lowest BCUT2D eigenvalue weighted by molar-refractivity contribution is 0.414. The Hall–Kier alpha value is -2.95. The molecule has 5 heteroatoms. The van der Waals surface area contributed by atoms with Crippen LogP contribution in [0.3, 0.4) is 0 Å². The summed E-state index contributed by atoms with van der Waals surface area (Å²) in [5, 5.41) is 0. The summed E-state index contributed by atoms with van der Waals surface area (Å²) in [6.45, 7) is 3.24. The maximum absolute atomic E-state index is 5.64. The van der Waals surface area contributed by atoms with E-state index in [0.717, 1.165) is 28.3 Å². The molecule has 0 aliphatic heterocycles. The van der Waals surface area contributed by atoms with E-state index < -0.39 is 0 Å². The maximum atomic E-state index is 5.64. The van der Waals surface area contributed by atoms with Crippen LogP contribution in [0, 0.1) is 6.92 Å². The van der Waals surface area contributed by atoms with Crippen LogP contribution in [0.5, 0.6) is 11.5 Å². The van der Waals surface area contributed by atoms with Gasteiger partial charge in [0, 0.05) is 13.1 Å². The molecule has 0 atom stereocenters. The standard InChI is InChI=1S/C20H22N2O3/c1-15-14-25-20(21-15)22(12-16-6-4-8-18(10-16)23-2)13-17-7-5-9-19(11-17)24-3/h4-11,14H,12-13H2,1-3H3. The summed E-state index contributed by atoms with van der Waals surface area (Å²) >= 11 is 0. The molecule has 130 valence electrons. The second-order valence-corrected chi connectivity index (χ2v) is 5.83. The average Bonchev–Trinajstić information content (AvgIpc) is 3.08. The number of benzene rings is 2. The van der Waals surface area contributed by atoms with Crippen LogP contribution in [-0.2, 0) is 13.1 Å². The Balaban J connectivity index is 1.86. The van der Waals surface area contributed by atoms with Crippen molar-refractivity contribution in [2.45, 2.75) is 20.0 Å². The van der Waals surface area contributed by atoms with Crippen LogP contribution in [0.25, 0.3) is 0 Å². The van der Waals surface area contributed by atoms with Gasteiger partial charge in [0.05, 0.1) is 19.9 Å². The Morgan fingerprint density at radius 2 is 1.48 bits per heavy atom. The van der Waals surface area contributed by atoms with E-state index in [1.165, 1.54) is 0 Å². The number of methoxy groups -OCH3 is 2. The quantitative estimate of drug-likeness (QED) is 0.646. The molecule has 0 fully saturated rings. The molecule has 0 aliphatic carbocycles. The first kappa shape index (κ1) is 16.9. The van der Waals surface area contributed by atoms with E-state index >= 15 is 0 Å². The highest BCUT2D eigenvalue weighted by atomic mass is 16.5. The summed E-state index contributed by atoms with van der Waals surface area (Å²) in [6, 6.07) is 16.6. The zero-order valence-corrected chi connectivity index (χ0v) is 14.7. The molecular weight excluding hydrogens is 316 g/mol. The summed E-state index contributed by atoms with van der Waals surface area (Å²) in [5.41, 5.74) is 3.10. The van der Waals surface area contributed by atoms with Gasteiger partial charge in [-0.05, 0) is 42.3 Å².